The number of halogens is 5. The second kappa shape index (κ2) is 16.1. The smallest absolute Gasteiger partial charge is 0.395 e. The monoisotopic (exact) mass is 735 g/mol. The van der Waals surface area contributed by atoms with Gasteiger partial charge in [0.25, 0.3) is 0 Å². The van der Waals surface area contributed by atoms with Crippen molar-refractivity contribution in [2.75, 3.05) is 25.1 Å². The number of hydrogen-bond acceptors (Lipinski definition) is 7. The highest BCUT2D eigenvalue weighted by Gasteiger charge is 2.39. The number of rotatable bonds is 14. The lowest BCUT2D eigenvalue weighted by Crippen LogP contribution is -2.40. The molecule has 0 saturated carbocycles. The number of pyridine rings is 1. The summed E-state index contributed by atoms with van der Waals surface area (Å²) in [5, 5.41) is 23.7. The van der Waals surface area contributed by atoms with Crippen molar-refractivity contribution in [3.63, 3.8) is 0 Å². The maximum absolute atomic E-state index is 15.4. The Morgan fingerprint density at radius 2 is 1.80 bits per heavy atom. The number of nitriles is 1. The van der Waals surface area contributed by atoms with E-state index in [-0.39, 0.29) is 34.9 Å². The number of alkyl halides is 3. The second-order valence-corrected chi connectivity index (χ2v) is 19.0. The van der Waals surface area contributed by atoms with Gasteiger partial charge < -0.3 is 34.5 Å². The van der Waals surface area contributed by atoms with Crippen LogP contribution in [0.15, 0.2) is 48.8 Å². The minimum Gasteiger partial charge on any atom is -0.490 e. The van der Waals surface area contributed by atoms with Gasteiger partial charge in [-0.1, -0.05) is 6.07 Å². The molecule has 0 aliphatic heterocycles. The first-order valence-electron chi connectivity index (χ1n) is 15.7. The summed E-state index contributed by atoms with van der Waals surface area (Å²) in [6.07, 6.45) is -1.64. The molecule has 3 N–H and O–H groups in total. The Morgan fingerprint density at radius 1 is 1.10 bits per heavy atom. The molecule has 2 aromatic heterocycles. The van der Waals surface area contributed by atoms with Crippen LogP contribution in [0.4, 0.5) is 27.6 Å². The number of hydrogen-bond donors (Lipinski definition) is 3. The third-order valence-corrected chi connectivity index (χ3v) is 9.33. The molecular formula is C34H38F5N5O4SSi-. The van der Waals surface area contributed by atoms with Crippen LogP contribution in [0, 0.1) is 28.9 Å². The average Bonchev–Trinajstić information content (AvgIpc) is 3.39. The van der Waals surface area contributed by atoms with E-state index in [1.54, 1.807) is 29.0 Å². The van der Waals surface area contributed by atoms with E-state index in [2.05, 4.69) is 41.3 Å². The molecule has 0 spiro atoms. The summed E-state index contributed by atoms with van der Waals surface area (Å²) in [5.41, 5.74) is 1.65. The van der Waals surface area contributed by atoms with Gasteiger partial charge in [-0.15, -0.1) is 14.1 Å². The molecule has 1 atom stereocenters. The lowest BCUT2D eigenvalue weighted by molar-refractivity contribution is -0.181. The standard InChI is InChI=1S/C34H38F5N5O4SSi/c1-20(2)47-28-7-6-21(12-22(28)15-40)25-17-44(19-46-10-11-50(3,4)5)32-30(25)29(8-9-41-32)48-31-26(35)13-24(14-27(31)36)43-33(49)42-16-23(18-45)34(37,38)39/h6-9,12-14,17,20,23,45H,10-11,16,18-19H2,1-5H3,(H2,42,43,49)/q-1. The topological polar surface area (TPSA) is 114 Å². The number of thiocarbonyl (C=S) groups is 1. The zero-order valence-electron chi connectivity index (χ0n) is 28.1. The molecule has 50 heavy (non-hydrogen) atoms. The first kappa shape index (κ1) is 38.5. The van der Waals surface area contributed by atoms with Crippen LogP contribution in [-0.4, -0.2) is 59.9 Å². The molecule has 0 saturated heterocycles. The van der Waals surface area contributed by atoms with Gasteiger partial charge in [0.2, 0.25) is 0 Å². The minimum absolute atomic E-state index is 0.0600. The highest BCUT2D eigenvalue weighted by atomic mass is 32.1. The Morgan fingerprint density at radius 3 is 2.40 bits per heavy atom. The Labute approximate surface area is 293 Å². The van der Waals surface area contributed by atoms with Crippen LogP contribution >= 0.6 is 12.2 Å². The number of ether oxygens (including phenoxy) is 3. The van der Waals surface area contributed by atoms with Gasteiger partial charge in [0.1, 0.15) is 29.9 Å². The fraction of sp³-hybridized carbons (Fsp3) is 0.382. The lowest BCUT2D eigenvalue weighted by atomic mass is 10.0. The minimum atomic E-state index is -4.67. The molecule has 9 nitrogen and oxygen atoms in total. The summed E-state index contributed by atoms with van der Waals surface area (Å²) >= 11 is 4.97. The number of aromatic nitrogens is 2. The fourth-order valence-corrected chi connectivity index (χ4v) is 5.74. The van der Waals surface area contributed by atoms with E-state index in [4.69, 9.17) is 31.5 Å². The normalized spacial score (nSPS) is 12.5. The quantitative estimate of drug-likeness (QED) is 0.0511. The molecule has 4 rings (SSSR count). The molecule has 0 bridgehead atoms. The SMILES string of the molecule is CC(C)Oc1ccc(-c2cn(COCC[Si-](C)(C)C)c3nccc(Oc4c(F)cc(NC(=S)NCC(CO)C(F)(F)F)cc4F)c23)cc1C#N. The highest BCUT2D eigenvalue weighted by molar-refractivity contribution is 7.80. The van der Waals surface area contributed by atoms with Crippen molar-refractivity contribution in [2.24, 2.45) is 5.92 Å². The molecule has 16 heteroatoms. The zero-order chi connectivity index (χ0) is 36.8. The number of aliphatic hydroxyl groups is 1. The van der Waals surface area contributed by atoms with E-state index in [1.165, 1.54) is 12.3 Å². The van der Waals surface area contributed by atoms with Crippen LogP contribution in [0.1, 0.15) is 19.4 Å². The van der Waals surface area contributed by atoms with Gasteiger partial charge in [-0.3, -0.25) is 0 Å². The Balaban J connectivity index is 1.68. The van der Waals surface area contributed by atoms with Crippen LogP contribution in [0.3, 0.4) is 0 Å². The van der Waals surface area contributed by atoms with Crippen molar-refractivity contribution in [3.05, 3.63) is 66.0 Å². The maximum Gasteiger partial charge on any atom is 0.395 e. The number of aliphatic hydroxyl groups excluding tert-OH is 1. The summed E-state index contributed by atoms with van der Waals surface area (Å²) in [6.45, 7) is 9.16. The Hall–Kier alpha value is -4.30. The van der Waals surface area contributed by atoms with Crippen molar-refractivity contribution < 1.29 is 41.3 Å². The molecule has 2 heterocycles. The van der Waals surface area contributed by atoms with Gasteiger partial charge in [0, 0.05) is 48.9 Å². The third kappa shape index (κ3) is 9.90. The van der Waals surface area contributed by atoms with Crippen molar-refractivity contribution in [2.45, 2.75) is 58.5 Å². The van der Waals surface area contributed by atoms with E-state index < -0.39 is 50.7 Å². The molecule has 269 valence electrons. The van der Waals surface area contributed by atoms with Gasteiger partial charge in [0.05, 0.1) is 29.6 Å². The number of anilines is 1. The van der Waals surface area contributed by atoms with Gasteiger partial charge in [-0.05, 0) is 49.8 Å². The Kier molecular flexibility index (Phi) is 12.4. The largest absolute Gasteiger partial charge is 0.490 e. The second-order valence-electron chi connectivity index (χ2n) is 13.0. The van der Waals surface area contributed by atoms with Gasteiger partial charge in [-0.25, -0.2) is 13.8 Å². The summed E-state index contributed by atoms with van der Waals surface area (Å²) in [4.78, 5) is 4.52. The Bertz CT molecular complexity index is 1850. The highest BCUT2D eigenvalue weighted by Crippen LogP contribution is 2.41. The van der Waals surface area contributed by atoms with Crippen LogP contribution < -0.4 is 20.1 Å². The first-order valence-corrected chi connectivity index (χ1v) is 19.8. The molecule has 0 fully saturated rings. The van der Waals surface area contributed by atoms with E-state index >= 15 is 8.78 Å². The summed E-state index contributed by atoms with van der Waals surface area (Å²) in [6, 6.07) is 11.4. The van der Waals surface area contributed by atoms with E-state index in [0.717, 1.165) is 18.2 Å². The third-order valence-electron chi connectivity index (χ3n) is 7.38. The van der Waals surface area contributed by atoms with E-state index in [9.17, 15) is 18.4 Å². The molecular weight excluding hydrogens is 698 g/mol. The van der Waals surface area contributed by atoms with Crippen molar-refractivity contribution in [1.82, 2.24) is 14.9 Å². The number of nitrogens with one attached hydrogen (secondary N) is 2. The molecule has 4 aromatic rings. The predicted molar refractivity (Wildman–Crippen MR) is 187 cm³/mol. The first-order chi connectivity index (χ1) is 23.5. The van der Waals surface area contributed by atoms with Gasteiger partial charge >= 0.3 is 6.18 Å². The van der Waals surface area contributed by atoms with Crippen LogP contribution in [-0.2, 0) is 11.5 Å². The van der Waals surface area contributed by atoms with Crippen LogP contribution in [0.5, 0.6) is 17.2 Å². The number of fused-ring (bicyclic) bond motifs is 1. The van der Waals surface area contributed by atoms with Crippen molar-refractivity contribution in [3.8, 4) is 34.4 Å². The van der Waals surface area contributed by atoms with Gasteiger partial charge in [0.15, 0.2) is 22.5 Å². The maximum atomic E-state index is 15.4. The molecule has 2 aromatic carbocycles. The van der Waals surface area contributed by atoms with Crippen molar-refractivity contribution >= 4 is 42.1 Å². The molecule has 0 aliphatic carbocycles. The average molecular weight is 736 g/mol. The number of nitrogens with zero attached hydrogens (tertiary/aromatic N) is 3. The van der Waals surface area contributed by atoms with Crippen molar-refractivity contribution in [1.29, 1.82) is 5.26 Å². The summed E-state index contributed by atoms with van der Waals surface area (Å²) in [7, 11) is -1.37. The molecule has 1 unspecified atom stereocenters. The van der Waals surface area contributed by atoms with Crippen LogP contribution in [0.25, 0.3) is 22.2 Å². The fourth-order valence-electron chi connectivity index (χ4n) is 4.79. The van der Waals surface area contributed by atoms with E-state index in [0.29, 0.717) is 34.5 Å². The molecule has 0 amide bonds. The number of benzene rings is 2. The van der Waals surface area contributed by atoms with Crippen LogP contribution in [0.2, 0.25) is 25.7 Å². The zero-order valence-corrected chi connectivity index (χ0v) is 29.9. The van der Waals surface area contributed by atoms with E-state index in [1.807, 2.05) is 13.8 Å². The predicted octanol–water partition coefficient (Wildman–Crippen LogP) is 8.20. The summed E-state index contributed by atoms with van der Waals surface area (Å²) < 4.78 is 89.0. The molecule has 0 radical (unpaired) electrons. The molecule has 0 aliphatic rings. The lowest BCUT2D eigenvalue weighted by Gasteiger charge is -2.26. The summed E-state index contributed by atoms with van der Waals surface area (Å²) in [5.74, 6) is -4.62. The van der Waals surface area contributed by atoms with Gasteiger partial charge in [-0.2, -0.15) is 38.1 Å².